The molecule has 3 heterocycles. The second kappa shape index (κ2) is 9.16. The van der Waals surface area contributed by atoms with Gasteiger partial charge in [-0.25, -0.2) is 14.2 Å². The lowest BCUT2D eigenvalue weighted by Crippen LogP contribution is -2.34. The Morgan fingerprint density at radius 2 is 1.68 bits per heavy atom. The van der Waals surface area contributed by atoms with Gasteiger partial charge in [0.1, 0.15) is 4.83 Å². The number of hydrogen-bond donors (Lipinski definition) is 2. The number of aromatic nitrogens is 3. The van der Waals surface area contributed by atoms with Crippen molar-refractivity contribution in [3.8, 4) is 16.8 Å². The van der Waals surface area contributed by atoms with Crippen LogP contribution in [-0.2, 0) is 6.54 Å². The van der Waals surface area contributed by atoms with E-state index in [-0.39, 0.29) is 17.9 Å². The number of hydrogen-bond acceptors (Lipinski definition) is 4. The molecule has 7 nitrogen and oxygen atoms in total. The van der Waals surface area contributed by atoms with Gasteiger partial charge in [-0.05, 0) is 36.2 Å². The SMILES string of the molecule is Cc1sc2[nH]c(=O)n(-c3c(C(=O)O)n(Cc4ccccc4)c4ccc(Cl)cc34)c(=O)c2c1-c1ccccc1. The molecule has 0 radical (unpaired) electrons. The highest BCUT2D eigenvalue weighted by atomic mass is 35.5. The fraction of sp³-hybridized carbons (Fsp3) is 0.0690. The molecule has 6 aromatic rings. The van der Waals surface area contributed by atoms with Gasteiger partial charge in [0, 0.05) is 27.4 Å². The van der Waals surface area contributed by atoms with Gasteiger partial charge in [-0.15, -0.1) is 11.3 Å². The maximum Gasteiger partial charge on any atom is 0.354 e. The first-order valence-electron chi connectivity index (χ1n) is 11.8. The van der Waals surface area contributed by atoms with Gasteiger partial charge in [-0.1, -0.05) is 72.3 Å². The third-order valence-corrected chi connectivity index (χ3v) is 7.85. The molecule has 188 valence electrons. The number of fused-ring (bicyclic) bond motifs is 2. The number of aromatic amines is 1. The number of nitrogens with one attached hydrogen (secondary N) is 1. The number of rotatable bonds is 5. The lowest BCUT2D eigenvalue weighted by molar-refractivity contribution is 0.0686. The van der Waals surface area contributed by atoms with Crippen LogP contribution in [0.15, 0.2) is 88.5 Å². The molecule has 0 aliphatic rings. The van der Waals surface area contributed by atoms with Crippen LogP contribution in [0.2, 0.25) is 5.02 Å². The van der Waals surface area contributed by atoms with Crippen molar-refractivity contribution in [3.63, 3.8) is 0 Å². The number of carbonyl (C=O) groups is 1. The molecule has 0 atom stereocenters. The first-order chi connectivity index (χ1) is 18.3. The van der Waals surface area contributed by atoms with Crippen molar-refractivity contribution >= 4 is 50.0 Å². The highest BCUT2D eigenvalue weighted by molar-refractivity contribution is 7.19. The van der Waals surface area contributed by atoms with Gasteiger partial charge >= 0.3 is 11.7 Å². The lowest BCUT2D eigenvalue weighted by atomic mass is 10.0. The second-order valence-corrected chi connectivity index (χ2v) is 10.6. The maximum absolute atomic E-state index is 14.1. The fourth-order valence-corrected chi connectivity index (χ4v) is 6.26. The molecule has 3 aromatic heterocycles. The van der Waals surface area contributed by atoms with Crippen molar-refractivity contribution in [2.24, 2.45) is 0 Å². The highest BCUT2D eigenvalue weighted by Crippen LogP contribution is 2.36. The molecule has 38 heavy (non-hydrogen) atoms. The number of benzene rings is 3. The van der Waals surface area contributed by atoms with E-state index in [2.05, 4.69) is 4.98 Å². The van der Waals surface area contributed by atoms with E-state index in [0.717, 1.165) is 20.6 Å². The summed E-state index contributed by atoms with van der Waals surface area (Å²) in [5.74, 6) is -1.26. The molecule has 3 aromatic carbocycles. The average molecular weight is 542 g/mol. The molecule has 0 unspecified atom stereocenters. The third kappa shape index (κ3) is 3.77. The summed E-state index contributed by atoms with van der Waals surface area (Å²) in [5.41, 5.74) is 1.46. The molecular weight excluding hydrogens is 522 g/mol. The van der Waals surface area contributed by atoms with Crippen LogP contribution in [0.3, 0.4) is 0 Å². The van der Waals surface area contributed by atoms with Gasteiger partial charge in [-0.2, -0.15) is 0 Å². The minimum absolute atomic E-state index is 0.0121. The van der Waals surface area contributed by atoms with E-state index in [4.69, 9.17) is 11.6 Å². The van der Waals surface area contributed by atoms with E-state index in [0.29, 0.717) is 31.7 Å². The molecule has 0 aliphatic carbocycles. The van der Waals surface area contributed by atoms with Crippen LogP contribution in [0.4, 0.5) is 0 Å². The Labute approximate surface area is 224 Å². The molecule has 0 saturated carbocycles. The number of carboxylic acids is 1. The van der Waals surface area contributed by atoms with E-state index in [1.807, 2.05) is 67.6 Å². The molecule has 2 N–H and O–H groups in total. The summed E-state index contributed by atoms with van der Waals surface area (Å²) in [4.78, 5) is 44.5. The molecule has 0 bridgehead atoms. The van der Waals surface area contributed by atoms with Gasteiger partial charge < -0.3 is 9.67 Å². The molecule has 6 rings (SSSR count). The van der Waals surface area contributed by atoms with Crippen LogP contribution >= 0.6 is 22.9 Å². The summed E-state index contributed by atoms with van der Waals surface area (Å²) in [6.07, 6.45) is 0. The largest absolute Gasteiger partial charge is 0.477 e. The number of aryl methyl sites for hydroxylation is 1. The predicted octanol–water partition coefficient (Wildman–Crippen LogP) is 6.07. The molecular formula is C29H20ClN3O4S. The zero-order chi connectivity index (χ0) is 26.6. The summed E-state index contributed by atoms with van der Waals surface area (Å²) in [6.45, 7) is 2.12. The Balaban J connectivity index is 1.74. The number of aromatic carboxylic acids is 1. The van der Waals surface area contributed by atoms with Crippen LogP contribution in [0.5, 0.6) is 0 Å². The molecule has 0 spiro atoms. The van der Waals surface area contributed by atoms with Crippen LogP contribution in [-0.4, -0.2) is 25.2 Å². The van der Waals surface area contributed by atoms with Crippen LogP contribution < -0.4 is 11.2 Å². The zero-order valence-electron chi connectivity index (χ0n) is 20.1. The van der Waals surface area contributed by atoms with E-state index in [9.17, 15) is 19.5 Å². The predicted molar refractivity (Wildman–Crippen MR) is 151 cm³/mol. The minimum Gasteiger partial charge on any atom is -0.477 e. The van der Waals surface area contributed by atoms with E-state index < -0.39 is 17.2 Å². The van der Waals surface area contributed by atoms with Gasteiger partial charge in [-0.3, -0.25) is 9.78 Å². The van der Waals surface area contributed by atoms with Crippen LogP contribution in [0.25, 0.3) is 37.9 Å². The number of halogens is 1. The smallest absolute Gasteiger partial charge is 0.354 e. The van der Waals surface area contributed by atoms with Crippen molar-refractivity contribution in [1.82, 2.24) is 14.1 Å². The van der Waals surface area contributed by atoms with E-state index >= 15 is 0 Å². The molecule has 0 fully saturated rings. The lowest BCUT2D eigenvalue weighted by Gasteiger charge is -2.10. The maximum atomic E-state index is 14.1. The highest BCUT2D eigenvalue weighted by Gasteiger charge is 2.28. The first-order valence-corrected chi connectivity index (χ1v) is 13.0. The molecule has 9 heteroatoms. The first kappa shape index (κ1) is 24.0. The Morgan fingerprint density at radius 1 is 1.00 bits per heavy atom. The number of carboxylic acid groups (broad SMARTS) is 1. The molecule has 0 aliphatic heterocycles. The van der Waals surface area contributed by atoms with Gasteiger partial charge in [0.05, 0.1) is 16.6 Å². The van der Waals surface area contributed by atoms with Crippen molar-refractivity contribution in [1.29, 1.82) is 0 Å². The van der Waals surface area contributed by atoms with Crippen LogP contribution in [0.1, 0.15) is 20.9 Å². The van der Waals surface area contributed by atoms with Crippen molar-refractivity contribution in [2.45, 2.75) is 13.5 Å². The Bertz CT molecular complexity index is 1990. The Morgan fingerprint density at radius 3 is 2.37 bits per heavy atom. The zero-order valence-corrected chi connectivity index (χ0v) is 21.6. The van der Waals surface area contributed by atoms with E-state index in [1.165, 1.54) is 11.3 Å². The Hall–Kier alpha value is -4.40. The normalized spacial score (nSPS) is 11.4. The summed E-state index contributed by atoms with van der Waals surface area (Å²) in [7, 11) is 0. The van der Waals surface area contributed by atoms with E-state index in [1.54, 1.807) is 22.8 Å². The Kier molecular flexibility index (Phi) is 5.78. The minimum atomic E-state index is -1.26. The number of H-pyrrole nitrogens is 1. The number of thiophene rings is 1. The summed E-state index contributed by atoms with van der Waals surface area (Å²) in [5, 5.41) is 11.5. The monoisotopic (exact) mass is 541 g/mol. The second-order valence-electron chi connectivity index (χ2n) is 8.91. The summed E-state index contributed by atoms with van der Waals surface area (Å²) < 4.78 is 2.54. The van der Waals surface area contributed by atoms with Crippen LogP contribution in [0, 0.1) is 6.92 Å². The number of nitrogens with zero attached hydrogens (tertiary/aromatic N) is 2. The fourth-order valence-electron chi connectivity index (χ4n) is 5.03. The van der Waals surface area contributed by atoms with Crippen molar-refractivity contribution in [2.75, 3.05) is 0 Å². The average Bonchev–Trinajstić information content (AvgIpc) is 3.39. The topological polar surface area (TPSA) is 97.1 Å². The van der Waals surface area contributed by atoms with Crippen molar-refractivity contribution in [3.05, 3.63) is 121 Å². The standard InChI is InChI=1S/C29H20ClN3O4S/c1-16-22(18-10-6-3-7-11-18)23-26(38-16)31-29(37)33(27(23)34)24-20-14-19(30)12-13-21(20)32(25(24)28(35)36)15-17-8-4-2-5-9-17/h2-14H,15H2,1H3,(H,31,37)(H,35,36). The molecule has 0 amide bonds. The third-order valence-electron chi connectivity index (χ3n) is 6.60. The quantitative estimate of drug-likeness (QED) is 0.277. The van der Waals surface area contributed by atoms with Gasteiger partial charge in [0.15, 0.2) is 5.69 Å². The molecule has 0 saturated heterocycles. The van der Waals surface area contributed by atoms with Crippen molar-refractivity contribution < 1.29 is 9.90 Å². The van der Waals surface area contributed by atoms with Gasteiger partial charge in [0.2, 0.25) is 0 Å². The van der Waals surface area contributed by atoms with Gasteiger partial charge in [0.25, 0.3) is 5.56 Å². The summed E-state index contributed by atoms with van der Waals surface area (Å²) >= 11 is 7.65. The summed E-state index contributed by atoms with van der Waals surface area (Å²) in [6, 6.07) is 23.8.